The Hall–Kier alpha value is -3.15. The van der Waals surface area contributed by atoms with Crippen LogP contribution in [0.1, 0.15) is 11.1 Å². The standard InChI is InChI=1S/C19H19FN4O/c1-25-17-8-4-15(5-9-17)13-23-19-21-11-10-18(24-19)22-12-14-2-6-16(20)7-3-14/h2-11H,12-13H2,1H3,(H2,21,22,23,24). The van der Waals surface area contributed by atoms with Crippen LogP contribution in [-0.4, -0.2) is 17.1 Å². The summed E-state index contributed by atoms with van der Waals surface area (Å²) in [6, 6.07) is 16.0. The number of anilines is 2. The lowest BCUT2D eigenvalue weighted by Gasteiger charge is -2.09. The van der Waals surface area contributed by atoms with E-state index in [0.29, 0.717) is 24.9 Å². The molecule has 0 amide bonds. The van der Waals surface area contributed by atoms with Crippen molar-refractivity contribution in [2.45, 2.75) is 13.1 Å². The van der Waals surface area contributed by atoms with Crippen molar-refractivity contribution in [3.63, 3.8) is 0 Å². The SMILES string of the molecule is COc1ccc(CNc2nccc(NCc3ccc(F)cc3)n2)cc1. The summed E-state index contributed by atoms with van der Waals surface area (Å²) in [5.74, 6) is 1.83. The molecule has 128 valence electrons. The van der Waals surface area contributed by atoms with Crippen molar-refractivity contribution < 1.29 is 9.13 Å². The van der Waals surface area contributed by atoms with Gasteiger partial charge in [0, 0.05) is 19.3 Å². The van der Waals surface area contributed by atoms with Gasteiger partial charge in [-0.05, 0) is 41.5 Å². The molecule has 0 unspecified atom stereocenters. The van der Waals surface area contributed by atoms with E-state index in [4.69, 9.17) is 4.74 Å². The number of benzene rings is 2. The Morgan fingerprint density at radius 1 is 0.880 bits per heavy atom. The average Bonchev–Trinajstić information content (AvgIpc) is 2.67. The van der Waals surface area contributed by atoms with Crippen LogP contribution in [0.3, 0.4) is 0 Å². The first kappa shape index (κ1) is 16.7. The number of nitrogens with one attached hydrogen (secondary N) is 2. The maximum absolute atomic E-state index is 12.9. The minimum atomic E-state index is -0.240. The maximum atomic E-state index is 12.9. The van der Waals surface area contributed by atoms with Gasteiger partial charge in [0.25, 0.3) is 0 Å². The monoisotopic (exact) mass is 338 g/mol. The molecule has 6 heteroatoms. The second-order valence-electron chi connectivity index (χ2n) is 5.45. The predicted molar refractivity (Wildman–Crippen MR) is 96.1 cm³/mol. The summed E-state index contributed by atoms with van der Waals surface area (Å²) in [4.78, 5) is 8.64. The number of nitrogens with zero attached hydrogens (tertiary/aromatic N) is 2. The first-order chi connectivity index (χ1) is 12.2. The number of aromatic nitrogens is 2. The first-order valence-corrected chi connectivity index (χ1v) is 7.91. The summed E-state index contributed by atoms with van der Waals surface area (Å²) in [5.41, 5.74) is 2.09. The predicted octanol–water partition coefficient (Wildman–Crippen LogP) is 3.85. The normalized spacial score (nSPS) is 10.3. The van der Waals surface area contributed by atoms with Crippen LogP contribution in [0.15, 0.2) is 60.8 Å². The zero-order valence-electron chi connectivity index (χ0n) is 13.9. The molecule has 0 aliphatic carbocycles. The fraction of sp³-hybridized carbons (Fsp3) is 0.158. The average molecular weight is 338 g/mol. The summed E-state index contributed by atoms with van der Waals surface area (Å²) >= 11 is 0. The van der Waals surface area contributed by atoms with E-state index in [1.165, 1.54) is 12.1 Å². The van der Waals surface area contributed by atoms with E-state index in [-0.39, 0.29) is 5.82 Å². The third-order valence-corrected chi connectivity index (χ3v) is 3.65. The molecule has 0 spiro atoms. The van der Waals surface area contributed by atoms with Crippen LogP contribution in [0, 0.1) is 5.82 Å². The Morgan fingerprint density at radius 3 is 2.20 bits per heavy atom. The van der Waals surface area contributed by atoms with Crippen LogP contribution in [-0.2, 0) is 13.1 Å². The number of hydrogen-bond donors (Lipinski definition) is 2. The van der Waals surface area contributed by atoms with Gasteiger partial charge in [-0.15, -0.1) is 0 Å². The fourth-order valence-electron chi connectivity index (χ4n) is 2.26. The van der Waals surface area contributed by atoms with Crippen molar-refractivity contribution in [2.75, 3.05) is 17.7 Å². The number of rotatable bonds is 7. The summed E-state index contributed by atoms with van der Waals surface area (Å²) < 4.78 is 18.1. The smallest absolute Gasteiger partial charge is 0.224 e. The van der Waals surface area contributed by atoms with Gasteiger partial charge in [0.2, 0.25) is 5.95 Å². The number of hydrogen-bond acceptors (Lipinski definition) is 5. The van der Waals surface area contributed by atoms with Gasteiger partial charge >= 0.3 is 0 Å². The van der Waals surface area contributed by atoms with Crippen molar-refractivity contribution in [1.82, 2.24) is 9.97 Å². The van der Waals surface area contributed by atoms with E-state index in [1.54, 1.807) is 31.5 Å². The van der Waals surface area contributed by atoms with Crippen LogP contribution in [0.25, 0.3) is 0 Å². The molecular weight excluding hydrogens is 319 g/mol. The Balaban J connectivity index is 1.56. The van der Waals surface area contributed by atoms with E-state index in [9.17, 15) is 4.39 Å². The molecule has 0 aliphatic heterocycles. The van der Waals surface area contributed by atoms with E-state index in [1.807, 2.05) is 24.3 Å². The molecule has 0 fully saturated rings. The lowest BCUT2D eigenvalue weighted by Crippen LogP contribution is -2.06. The molecule has 0 saturated carbocycles. The maximum Gasteiger partial charge on any atom is 0.224 e. The molecule has 2 aromatic carbocycles. The zero-order chi connectivity index (χ0) is 17.5. The van der Waals surface area contributed by atoms with Crippen molar-refractivity contribution >= 4 is 11.8 Å². The van der Waals surface area contributed by atoms with E-state index >= 15 is 0 Å². The molecule has 0 radical (unpaired) electrons. The quantitative estimate of drug-likeness (QED) is 0.685. The van der Waals surface area contributed by atoms with Gasteiger partial charge in [-0.3, -0.25) is 0 Å². The molecule has 3 rings (SSSR count). The van der Waals surface area contributed by atoms with E-state index in [2.05, 4.69) is 20.6 Å². The van der Waals surface area contributed by atoms with Crippen molar-refractivity contribution in [2.24, 2.45) is 0 Å². The molecular formula is C19H19FN4O. The Labute approximate surface area is 145 Å². The van der Waals surface area contributed by atoms with Crippen LogP contribution < -0.4 is 15.4 Å². The molecule has 3 aromatic rings. The number of methoxy groups -OCH3 is 1. The highest BCUT2D eigenvalue weighted by Crippen LogP contribution is 2.13. The second kappa shape index (κ2) is 8.10. The molecule has 0 bridgehead atoms. The summed E-state index contributed by atoms with van der Waals surface area (Å²) in [7, 11) is 1.64. The molecule has 0 saturated heterocycles. The van der Waals surface area contributed by atoms with Crippen LogP contribution in [0.4, 0.5) is 16.2 Å². The summed E-state index contributed by atoms with van der Waals surface area (Å²) in [6.45, 7) is 1.18. The van der Waals surface area contributed by atoms with Crippen molar-refractivity contribution in [3.05, 3.63) is 77.7 Å². The highest BCUT2D eigenvalue weighted by Gasteiger charge is 2.01. The molecule has 25 heavy (non-hydrogen) atoms. The third-order valence-electron chi connectivity index (χ3n) is 3.65. The molecule has 1 aromatic heterocycles. The fourth-order valence-corrected chi connectivity index (χ4v) is 2.26. The lowest BCUT2D eigenvalue weighted by molar-refractivity contribution is 0.414. The van der Waals surface area contributed by atoms with E-state index in [0.717, 1.165) is 16.9 Å². The Bertz CT molecular complexity index is 806. The largest absolute Gasteiger partial charge is 0.497 e. The lowest BCUT2D eigenvalue weighted by atomic mass is 10.2. The highest BCUT2D eigenvalue weighted by molar-refractivity contribution is 5.41. The number of halogens is 1. The number of ether oxygens (including phenoxy) is 1. The molecule has 0 aliphatic rings. The van der Waals surface area contributed by atoms with Gasteiger partial charge < -0.3 is 15.4 Å². The second-order valence-corrected chi connectivity index (χ2v) is 5.45. The Morgan fingerprint density at radius 2 is 1.52 bits per heavy atom. The van der Waals surface area contributed by atoms with Crippen molar-refractivity contribution in [1.29, 1.82) is 0 Å². The van der Waals surface area contributed by atoms with Gasteiger partial charge in [0.05, 0.1) is 7.11 Å². The van der Waals surface area contributed by atoms with Gasteiger partial charge in [0.15, 0.2) is 0 Å². The highest BCUT2D eigenvalue weighted by atomic mass is 19.1. The van der Waals surface area contributed by atoms with Crippen LogP contribution in [0.5, 0.6) is 5.75 Å². The zero-order valence-corrected chi connectivity index (χ0v) is 13.9. The Kier molecular flexibility index (Phi) is 5.41. The molecule has 2 N–H and O–H groups in total. The minimum Gasteiger partial charge on any atom is -0.497 e. The van der Waals surface area contributed by atoms with Gasteiger partial charge in [-0.25, -0.2) is 9.37 Å². The van der Waals surface area contributed by atoms with Gasteiger partial charge in [-0.2, -0.15) is 4.98 Å². The van der Waals surface area contributed by atoms with Gasteiger partial charge in [0.1, 0.15) is 17.4 Å². The molecule has 1 heterocycles. The summed E-state index contributed by atoms with van der Waals surface area (Å²) in [6.07, 6.45) is 1.69. The third kappa shape index (κ3) is 4.91. The first-order valence-electron chi connectivity index (χ1n) is 7.91. The van der Waals surface area contributed by atoms with Crippen LogP contribution >= 0.6 is 0 Å². The summed E-state index contributed by atoms with van der Waals surface area (Å²) in [5, 5.41) is 6.40. The van der Waals surface area contributed by atoms with Crippen LogP contribution in [0.2, 0.25) is 0 Å². The van der Waals surface area contributed by atoms with Gasteiger partial charge in [-0.1, -0.05) is 24.3 Å². The van der Waals surface area contributed by atoms with E-state index < -0.39 is 0 Å². The molecule has 5 nitrogen and oxygen atoms in total. The topological polar surface area (TPSA) is 59.1 Å². The minimum absolute atomic E-state index is 0.240. The van der Waals surface area contributed by atoms with Crippen molar-refractivity contribution in [3.8, 4) is 5.75 Å². The molecule has 0 atom stereocenters.